The van der Waals surface area contributed by atoms with Crippen LogP contribution in [0, 0.1) is 0 Å². The molecule has 8 aromatic rings. The predicted molar refractivity (Wildman–Crippen MR) is 219 cm³/mol. The Balaban J connectivity index is 1.21. The van der Waals surface area contributed by atoms with Gasteiger partial charge in [-0.2, -0.15) is 0 Å². The first-order chi connectivity index (χ1) is 25.3. The normalized spacial score (nSPS) is 13.1. The Morgan fingerprint density at radius 1 is 0.314 bits per heavy atom. The number of hydrogen-bond acceptors (Lipinski definition) is 2. The Morgan fingerprint density at radius 3 is 1.18 bits per heavy atom. The summed E-state index contributed by atoms with van der Waals surface area (Å²) in [5.74, 6) is 0. The van der Waals surface area contributed by atoms with Gasteiger partial charge in [0.1, 0.15) is 0 Å². The van der Waals surface area contributed by atoms with Gasteiger partial charge in [0, 0.05) is 34.1 Å². The van der Waals surface area contributed by atoms with Crippen LogP contribution in [0.15, 0.2) is 181 Å². The summed E-state index contributed by atoms with van der Waals surface area (Å²) < 4.78 is 0. The van der Waals surface area contributed by atoms with Gasteiger partial charge >= 0.3 is 0 Å². The molecule has 246 valence electrons. The molecular weight excluding hydrogens is 617 g/mol. The summed E-state index contributed by atoms with van der Waals surface area (Å²) in [5.41, 5.74) is 9.71. The molecule has 51 heavy (non-hydrogen) atoms. The lowest BCUT2D eigenvalue weighted by atomic mass is 9.93. The molecule has 1 aliphatic carbocycles. The number of hydrogen-bond donors (Lipinski definition) is 0. The molecule has 8 aromatic carbocycles. The molecule has 1 saturated carbocycles. The Hall–Kier alpha value is -6.12. The van der Waals surface area contributed by atoms with Crippen LogP contribution in [0.3, 0.4) is 0 Å². The van der Waals surface area contributed by atoms with Crippen LogP contribution in [0.25, 0.3) is 38.4 Å². The van der Waals surface area contributed by atoms with Crippen molar-refractivity contribution in [3.05, 3.63) is 187 Å². The van der Waals surface area contributed by atoms with Crippen molar-refractivity contribution in [2.45, 2.75) is 32.1 Å². The summed E-state index contributed by atoms with van der Waals surface area (Å²) in [6.07, 6.45) is 8.87. The zero-order valence-electron chi connectivity index (χ0n) is 28.8. The van der Waals surface area contributed by atoms with Crippen LogP contribution in [0.5, 0.6) is 0 Å². The minimum absolute atomic E-state index is 1.13. The van der Waals surface area contributed by atoms with Gasteiger partial charge in [-0.3, -0.25) is 0 Å². The lowest BCUT2D eigenvalue weighted by Gasteiger charge is -2.27. The van der Waals surface area contributed by atoms with Crippen LogP contribution < -0.4 is 9.80 Å². The third kappa shape index (κ3) is 6.04. The highest BCUT2D eigenvalue weighted by atomic mass is 15.1. The number of anilines is 6. The molecule has 0 bridgehead atoms. The largest absolute Gasteiger partial charge is 0.310 e. The second-order valence-corrected chi connectivity index (χ2v) is 13.6. The van der Waals surface area contributed by atoms with Crippen molar-refractivity contribution in [2.24, 2.45) is 0 Å². The molecule has 0 N–H and O–H groups in total. The molecule has 0 radical (unpaired) electrons. The quantitative estimate of drug-likeness (QED) is 0.158. The SMILES string of the molecule is C(=C1CCCCC1)c1ccc(N(c2ccccc2)c2ccc3c(c2)c2ccccc2c2ccc(N(c4ccccc4)c4ccccc4)cc23)cc1. The number of para-hydroxylation sites is 3. The maximum Gasteiger partial charge on any atom is 0.0468 e. The molecule has 2 nitrogen and oxygen atoms in total. The second-order valence-electron chi connectivity index (χ2n) is 13.6. The minimum Gasteiger partial charge on any atom is -0.310 e. The molecule has 0 aliphatic heterocycles. The van der Waals surface area contributed by atoms with Crippen LogP contribution in [0.1, 0.15) is 37.7 Å². The van der Waals surface area contributed by atoms with Gasteiger partial charge in [0.2, 0.25) is 0 Å². The predicted octanol–water partition coefficient (Wildman–Crippen LogP) is 14.4. The average molecular weight is 657 g/mol. The third-order valence-corrected chi connectivity index (χ3v) is 10.4. The number of benzene rings is 8. The second kappa shape index (κ2) is 13.7. The van der Waals surface area contributed by atoms with E-state index in [1.54, 1.807) is 5.57 Å². The van der Waals surface area contributed by atoms with E-state index < -0.39 is 0 Å². The van der Waals surface area contributed by atoms with Crippen molar-refractivity contribution >= 4 is 72.5 Å². The molecule has 0 unspecified atom stereocenters. The minimum atomic E-state index is 1.13. The topological polar surface area (TPSA) is 6.48 Å². The van der Waals surface area contributed by atoms with Crippen LogP contribution in [-0.4, -0.2) is 0 Å². The summed E-state index contributed by atoms with van der Waals surface area (Å²) in [5, 5.41) is 7.53. The van der Waals surface area contributed by atoms with E-state index in [2.05, 4.69) is 192 Å². The maximum atomic E-state index is 2.41. The van der Waals surface area contributed by atoms with Gasteiger partial charge in [0.15, 0.2) is 0 Å². The van der Waals surface area contributed by atoms with Gasteiger partial charge in [-0.1, -0.05) is 121 Å². The average Bonchev–Trinajstić information content (AvgIpc) is 3.20. The van der Waals surface area contributed by atoms with Crippen molar-refractivity contribution in [3.8, 4) is 0 Å². The fourth-order valence-electron chi connectivity index (χ4n) is 7.94. The zero-order valence-corrected chi connectivity index (χ0v) is 28.8. The maximum absolute atomic E-state index is 2.41. The van der Waals surface area contributed by atoms with Gasteiger partial charge in [0.05, 0.1) is 0 Å². The standard InChI is InChI=1S/C49H40N2/c1-5-15-36(16-6-1)33-37-25-27-41(28-26-37)51(40-21-11-4-12-22-40)43-30-32-47-48(34-43)45-24-14-13-23-44(45)46-31-29-42(35-49(46)47)50(38-17-7-2-8-18-38)39-19-9-3-10-20-39/h2-4,7-14,17-35H,1,5-6,15-16H2. The van der Waals surface area contributed by atoms with Gasteiger partial charge < -0.3 is 9.80 Å². The molecule has 2 heteroatoms. The number of allylic oxidation sites excluding steroid dienone is 1. The molecule has 0 saturated heterocycles. The van der Waals surface area contributed by atoms with Gasteiger partial charge in [0.25, 0.3) is 0 Å². The highest BCUT2D eigenvalue weighted by Gasteiger charge is 2.18. The van der Waals surface area contributed by atoms with Crippen molar-refractivity contribution in [2.75, 3.05) is 9.80 Å². The fourth-order valence-corrected chi connectivity index (χ4v) is 7.94. The van der Waals surface area contributed by atoms with Crippen molar-refractivity contribution < 1.29 is 0 Å². The Kier molecular flexibility index (Phi) is 8.27. The van der Waals surface area contributed by atoms with E-state index in [4.69, 9.17) is 0 Å². The molecular formula is C49H40N2. The van der Waals surface area contributed by atoms with Crippen molar-refractivity contribution in [1.82, 2.24) is 0 Å². The van der Waals surface area contributed by atoms with Gasteiger partial charge in [-0.05, 0) is 136 Å². The van der Waals surface area contributed by atoms with Crippen LogP contribution in [0.2, 0.25) is 0 Å². The lowest BCUT2D eigenvalue weighted by molar-refractivity contribution is 0.602. The number of rotatable bonds is 7. The first-order valence-electron chi connectivity index (χ1n) is 18.2. The van der Waals surface area contributed by atoms with E-state index in [0.29, 0.717) is 0 Å². The first kappa shape index (κ1) is 30.9. The van der Waals surface area contributed by atoms with E-state index in [1.165, 1.54) is 70.0 Å². The molecule has 0 atom stereocenters. The summed E-state index contributed by atoms with van der Waals surface area (Å²) >= 11 is 0. The van der Waals surface area contributed by atoms with Crippen LogP contribution >= 0.6 is 0 Å². The highest BCUT2D eigenvalue weighted by Crippen LogP contribution is 2.43. The Labute approximate surface area is 300 Å². The Bertz CT molecular complexity index is 2440. The molecule has 1 fully saturated rings. The molecule has 1 aliphatic rings. The molecule has 0 heterocycles. The van der Waals surface area contributed by atoms with E-state index in [9.17, 15) is 0 Å². The third-order valence-electron chi connectivity index (χ3n) is 10.4. The number of fused-ring (bicyclic) bond motifs is 6. The summed E-state index contributed by atoms with van der Waals surface area (Å²) in [4.78, 5) is 4.73. The monoisotopic (exact) mass is 656 g/mol. The lowest BCUT2D eigenvalue weighted by Crippen LogP contribution is -2.10. The Morgan fingerprint density at radius 2 is 0.686 bits per heavy atom. The molecule has 0 amide bonds. The van der Waals surface area contributed by atoms with E-state index in [1.807, 2.05) is 0 Å². The fraction of sp³-hybridized carbons (Fsp3) is 0.102. The van der Waals surface area contributed by atoms with E-state index in [0.717, 1.165) is 34.1 Å². The van der Waals surface area contributed by atoms with Crippen LogP contribution in [0.4, 0.5) is 34.1 Å². The summed E-state index contributed by atoms with van der Waals surface area (Å²) in [7, 11) is 0. The zero-order chi connectivity index (χ0) is 34.0. The van der Waals surface area contributed by atoms with Crippen molar-refractivity contribution in [1.29, 1.82) is 0 Å². The smallest absolute Gasteiger partial charge is 0.0468 e. The number of nitrogens with zero attached hydrogens (tertiary/aromatic N) is 2. The molecule has 9 rings (SSSR count). The van der Waals surface area contributed by atoms with Crippen molar-refractivity contribution in [3.63, 3.8) is 0 Å². The van der Waals surface area contributed by atoms with Gasteiger partial charge in [-0.25, -0.2) is 0 Å². The van der Waals surface area contributed by atoms with Gasteiger partial charge in [-0.15, -0.1) is 0 Å². The van der Waals surface area contributed by atoms with E-state index >= 15 is 0 Å². The summed E-state index contributed by atoms with van der Waals surface area (Å²) in [6.45, 7) is 0. The van der Waals surface area contributed by atoms with Crippen LogP contribution in [-0.2, 0) is 0 Å². The molecule has 0 spiro atoms. The highest BCUT2D eigenvalue weighted by molar-refractivity contribution is 6.26. The molecule has 0 aromatic heterocycles. The first-order valence-corrected chi connectivity index (χ1v) is 18.2. The van der Waals surface area contributed by atoms with E-state index in [-0.39, 0.29) is 0 Å². The summed E-state index contributed by atoms with van der Waals surface area (Å²) in [6, 6.07) is 64.0.